The molecule has 0 spiro atoms. The largest absolute Gasteiger partial charge is 0.290 e. The van der Waals surface area contributed by atoms with Crippen molar-refractivity contribution < 1.29 is 9.59 Å². The van der Waals surface area contributed by atoms with Crippen LogP contribution in [-0.2, 0) is 0 Å². The SMILES string of the molecule is Cc1ccc2[nH]nc(C(=O)NNC(=O)c3sc(-c4ccccc4)nc3C)c2c1. The molecule has 0 saturated heterocycles. The summed E-state index contributed by atoms with van der Waals surface area (Å²) in [5.74, 6) is -0.905. The van der Waals surface area contributed by atoms with Crippen molar-refractivity contribution in [3.8, 4) is 10.6 Å². The van der Waals surface area contributed by atoms with Crippen molar-refractivity contribution in [1.29, 1.82) is 0 Å². The van der Waals surface area contributed by atoms with Gasteiger partial charge in [0.05, 0.1) is 11.2 Å². The van der Waals surface area contributed by atoms with E-state index < -0.39 is 11.8 Å². The number of nitrogens with one attached hydrogen (secondary N) is 3. The minimum absolute atomic E-state index is 0.227. The number of thiazole rings is 1. The van der Waals surface area contributed by atoms with Gasteiger partial charge in [0.2, 0.25) is 0 Å². The number of rotatable bonds is 3. The maximum Gasteiger partial charge on any atom is 0.290 e. The Morgan fingerprint density at radius 2 is 1.75 bits per heavy atom. The Bertz CT molecular complexity index is 1180. The molecule has 28 heavy (non-hydrogen) atoms. The van der Waals surface area contributed by atoms with Gasteiger partial charge in [-0.15, -0.1) is 11.3 Å². The molecule has 2 aromatic heterocycles. The molecule has 7 nitrogen and oxygen atoms in total. The Morgan fingerprint density at radius 3 is 2.54 bits per heavy atom. The third-order valence-corrected chi connectivity index (χ3v) is 5.45. The zero-order valence-electron chi connectivity index (χ0n) is 15.2. The minimum atomic E-state index is -0.490. The fourth-order valence-electron chi connectivity index (χ4n) is 2.84. The molecule has 2 aromatic carbocycles. The van der Waals surface area contributed by atoms with Crippen LogP contribution in [0.4, 0.5) is 0 Å². The lowest BCUT2D eigenvalue weighted by molar-refractivity contribution is 0.0846. The topological polar surface area (TPSA) is 99.8 Å². The Balaban J connectivity index is 1.49. The highest BCUT2D eigenvalue weighted by Crippen LogP contribution is 2.27. The number of hydrogen-bond acceptors (Lipinski definition) is 5. The van der Waals surface area contributed by atoms with Gasteiger partial charge in [0.15, 0.2) is 5.69 Å². The fraction of sp³-hybridized carbons (Fsp3) is 0.100. The van der Waals surface area contributed by atoms with Crippen molar-refractivity contribution in [1.82, 2.24) is 26.0 Å². The summed E-state index contributed by atoms with van der Waals surface area (Å²) in [7, 11) is 0. The molecule has 0 aliphatic carbocycles. The lowest BCUT2D eigenvalue weighted by Gasteiger charge is -2.05. The zero-order valence-corrected chi connectivity index (χ0v) is 16.1. The predicted octanol–water partition coefficient (Wildman–Crippen LogP) is 3.38. The Labute approximate surface area is 164 Å². The van der Waals surface area contributed by atoms with E-state index in [1.54, 1.807) is 6.92 Å². The number of aromatic nitrogens is 3. The number of hydrazine groups is 1. The smallest absolute Gasteiger partial charge is 0.277 e. The quantitative estimate of drug-likeness (QED) is 0.466. The number of aromatic amines is 1. The number of amides is 2. The van der Waals surface area contributed by atoms with Crippen LogP contribution < -0.4 is 10.9 Å². The van der Waals surface area contributed by atoms with E-state index in [9.17, 15) is 9.59 Å². The van der Waals surface area contributed by atoms with Crippen molar-refractivity contribution in [3.05, 3.63) is 70.4 Å². The summed E-state index contributed by atoms with van der Waals surface area (Å²) in [6.07, 6.45) is 0. The number of aryl methyl sites for hydroxylation is 2. The number of fused-ring (bicyclic) bond motifs is 1. The highest BCUT2D eigenvalue weighted by molar-refractivity contribution is 7.17. The maximum absolute atomic E-state index is 12.5. The number of H-pyrrole nitrogens is 1. The average molecular weight is 391 g/mol. The first-order valence-electron chi connectivity index (χ1n) is 8.61. The van der Waals surface area contributed by atoms with Crippen LogP contribution in [0, 0.1) is 13.8 Å². The first-order chi connectivity index (χ1) is 13.5. The van der Waals surface area contributed by atoms with Crippen LogP contribution in [-0.4, -0.2) is 27.0 Å². The van der Waals surface area contributed by atoms with Gasteiger partial charge in [-0.05, 0) is 26.0 Å². The van der Waals surface area contributed by atoms with E-state index in [2.05, 4.69) is 26.0 Å². The van der Waals surface area contributed by atoms with Gasteiger partial charge in [-0.2, -0.15) is 5.10 Å². The summed E-state index contributed by atoms with van der Waals surface area (Å²) in [5.41, 5.74) is 8.43. The van der Waals surface area contributed by atoms with Crippen LogP contribution in [0.25, 0.3) is 21.5 Å². The van der Waals surface area contributed by atoms with Crippen LogP contribution in [0.15, 0.2) is 48.5 Å². The third kappa shape index (κ3) is 3.37. The van der Waals surface area contributed by atoms with Gasteiger partial charge in [0.25, 0.3) is 11.8 Å². The second kappa shape index (κ2) is 7.24. The van der Waals surface area contributed by atoms with Gasteiger partial charge in [0, 0.05) is 10.9 Å². The molecule has 0 aliphatic heterocycles. The van der Waals surface area contributed by atoms with Crippen molar-refractivity contribution in [2.45, 2.75) is 13.8 Å². The minimum Gasteiger partial charge on any atom is -0.277 e. The molecule has 140 valence electrons. The van der Waals surface area contributed by atoms with Crippen molar-refractivity contribution in [2.75, 3.05) is 0 Å². The number of benzene rings is 2. The summed E-state index contributed by atoms with van der Waals surface area (Å²) in [6.45, 7) is 3.70. The Morgan fingerprint density at radius 1 is 1.00 bits per heavy atom. The summed E-state index contributed by atoms with van der Waals surface area (Å²) in [4.78, 5) is 29.9. The molecule has 8 heteroatoms. The van der Waals surface area contributed by atoms with Crippen LogP contribution in [0.5, 0.6) is 0 Å². The molecular weight excluding hydrogens is 374 g/mol. The van der Waals surface area contributed by atoms with Crippen molar-refractivity contribution >= 4 is 34.1 Å². The molecule has 0 saturated carbocycles. The highest BCUT2D eigenvalue weighted by Gasteiger charge is 2.19. The fourth-order valence-corrected chi connectivity index (χ4v) is 3.81. The third-order valence-electron chi connectivity index (χ3n) is 4.25. The van der Waals surface area contributed by atoms with E-state index in [-0.39, 0.29) is 5.69 Å². The number of nitrogens with zero attached hydrogens (tertiary/aromatic N) is 2. The normalized spacial score (nSPS) is 10.8. The molecule has 0 fully saturated rings. The van der Waals surface area contributed by atoms with E-state index in [0.717, 1.165) is 21.7 Å². The van der Waals surface area contributed by atoms with Crippen LogP contribution in [0.2, 0.25) is 0 Å². The Kier molecular flexibility index (Phi) is 4.62. The Hall–Kier alpha value is -3.52. The van der Waals surface area contributed by atoms with Gasteiger partial charge >= 0.3 is 0 Å². The van der Waals surface area contributed by atoms with Crippen molar-refractivity contribution in [3.63, 3.8) is 0 Å². The van der Waals surface area contributed by atoms with Crippen molar-refractivity contribution in [2.24, 2.45) is 0 Å². The summed E-state index contributed by atoms with van der Waals surface area (Å²) >= 11 is 1.28. The monoisotopic (exact) mass is 391 g/mol. The molecule has 0 aliphatic rings. The van der Waals surface area contributed by atoms with Gasteiger partial charge in [-0.25, -0.2) is 4.98 Å². The van der Waals surface area contributed by atoms with Crippen LogP contribution in [0.3, 0.4) is 0 Å². The highest BCUT2D eigenvalue weighted by atomic mass is 32.1. The van der Waals surface area contributed by atoms with E-state index in [1.165, 1.54) is 11.3 Å². The number of carbonyl (C=O) groups excluding carboxylic acids is 2. The lowest BCUT2D eigenvalue weighted by Crippen LogP contribution is -2.41. The van der Waals surface area contributed by atoms with Crippen LogP contribution in [0.1, 0.15) is 31.4 Å². The summed E-state index contributed by atoms with van der Waals surface area (Å²) < 4.78 is 0. The summed E-state index contributed by atoms with van der Waals surface area (Å²) in [6, 6.07) is 15.3. The first kappa shape index (κ1) is 17.9. The molecule has 3 N–H and O–H groups in total. The van der Waals surface area contributed by atoms with Gasteiger partial charge in [-0.1, -0.05) is 42.0 Å². The molecule has 0 unspecified atom stereocenters. The van der Waals surface area contributed by atoms with Crippen LogP contribution >= 0.6 is 11.3 Å². The van der Waals surface area contributed by atoms with Gasteiger partial charge in [-0.3, -0.25) is 25.5 Å². The predicted molar refractivity (Wildman–Crippen MR) is 108 cm³/mol. The lowest BCUT2D eigenvalue weighted by atomic mass is 10.1. The average Bonchev–Trinajstić information content (AvgIpc) is 3.30. The standard InChI is InChI=1S/C20H17N5O2S/c1-11-8-9-15-14(10-11)16(23-22-15)18(26)24-25-19(27)17-12(2)21-20(28-17)13-6-4-3-5-7-13/h3-10H,1-2H3,(H,22,23)(H,24,26)(H,25,27). The molecular formula is C20H17N5O2S. The van der Waals surface area contributed by atoms with E-state index in [0.29, 0.717) is 16.0 Å². The van der Waals surface area contributed by atoms with Gasteiger partial charge < -0.3 is 0 Å². The molecule has 2 heterocycles. The first-order valence-corrected chi connectivity index (χ1v) is 9.43. The summed E-state index contributed by atoms with van der Waals surface area (Å²) in [5, 5.41) is 8.32. The second-order valence-corrected chi connectivity index (χ2v) is 7.33. The molecule has 0 radical (unpaired) electrons. The van der Waals surface area contributed by atoms with E-state index in [4.69, 9.17) is 0 Å². The molecule has 0 bridgehead atoms. The van der Waals surface area contributed by atoms with Gasteiger partial charge in [0.1, 0.15) is 9.88 Å². The molecule has 4 aromatic rings. The second-order valence-electron chi connectivity index (χ2n) is 6.33. The van der Waals surface area contributed by atoms with E-state index in [1.807, 2.05) is 55.5 Å². The number of carbonyl (C=O) groups is 2. The number of hydrogen-bond donors (Lipinski definition) is 3. The maximum atomic E-state index is 12.5. The molecule has 4 rings (SSSR count). The zero-order chi connectivity index (χ0) is 19.7. The molecule has 2 amide bonds. The van der Waals surface area contributed by atoms with E-state index >= 15 is 0 Å². The molecule has 0 atom stereocenters.